The normalized spacial score (nSPS) is 16.6. The smallest absolute Gasteiger partial charge is 0.0790 e. The zero-order valence-electron chi connectivity index (χ0n) is 11.3. The number of para-hydroxylation sites is 1. The molecule has 1 aromatic carbocycles. The third kappa shape index (κ3) is 2.92. The van der Waals surface area contributed by atoms with E-state index >= 15 is 0 Å². The Bertz CT molecular complexity index is 542. The zero-order chi connectivity index (χ0) is 13.9. The molecule has 0 saturated carbocycles. The van der Waals surface area contributed by atoms with Gasteiger partial charge in [0.25, 0.3) is 0 Å². The number of nitrogens with two attached hydrogens (primary N) is 1. The van der Waals surface area contributed by atoms with Crippen molar-refractivity contribution in [1.82, 2.24) is 4.90 Å². The van der Waals surface area contributed by atoms with Crippen LogP contribution >= 0.6 is 22.9 Å². The summed E-state index contributed by atoms with van der Waals surface area (Å²) < 4.78 is 0. The summed E-state index contributed by atoms with van der Waals surface area (Å²) in [7, 11) is 0. The molecular weight excluding hydrogens is 290 g/mol. The van der Waals surface area contributed by atoms with Gasteiger partial charge < -0.3 is 10.6 Å². The quantitative estimate of drug-likeness (QED) is 0.883. The van der Waals surface area contributed by atoms with Crippen LogP contribution in [0, 0.1) is 0 Å². The van der Waals surface area contributed by atoms with E-state index in [-0.39, 0.29) is 0 Å². The SMILES string of the molecule is Nc1cccc(Cl)c1N1CCN(Cc2cccs2)CC1. The first kappa shape index (κ1) is 13.7. The number of piperazine rings is 1. The van der Waals surface area contributed by atoms with Crippen molar-refractivity contribution in [2.24, 2.45) is 0 Å². The van der Waals surface area contributed by atoms with Crippen molar-refractivity contribution in [3.63, 3.8) is 0 Å². The summed E-state index contributed by atoms with van der Waals surface area (Å²) >= 11 is 8.10. The Kier molecular flexibility index (Phi) is 4.15. The van der Waals surface area contributed by atoms with E-state index in [4.69, 9.17) is 17.3 Å². The zero-order valence-corrected chi connectivity index (χ0v) is 12.8. The molecule has 1 aliphatic heterocycles. The van der Waals surface area contributed by atoms with E-state index in [0.717, 1.165) is 49.1 Å². The number of nitrogens with zero attached hydrogens (tertiary/aromatic N) is 2. The number of halogens is 1. The van der Waals surface area contributed by atoms with Crippen LogP contribution in [0.4, 0.5) is 11.4 Å². The summed E-state index contributed by atoms with van der Waals surface area (Å²) in [5, 5.41) is 2.88. The number of hydrogen-bond donors (Lipinski definition) is 1. The van der Waals surface area contributed by atoms with Gasteiger partial charge in [-0.05, 0) is 23.6 Å². The monoisotopic (exact) mass is 307 g/mol. The molecule has 1 saturated heterocycles. The summed E-state index contributed by atoms with van der Waals surface area (Å²) in [4.78, 5) is 6.20. The first-order chi connectivity index (χ1) is 9.74. The van der Waals surface area contributed by atoms with Crippen LogP contribution in [0.15, 0.2) is 35.7 Å². The first-order valence-electron chi connectivity index (χ1n) is 6.78. The van der Waals surface area contributed by atoms with Crippen LogP contribution in [0.1, 0.15) is 4.88 Å². The fourth-order valence-electron chi connectivity index (χ4n) is 2.62. The summed E-state index contributed by atoms with van der Waals surface area (Å²) in [5.41, 5.74) is 7.82. The number of hydrogen-bond acceptors (Lipinski definition) is 4. The average Bonchev–Trinajstić information content (AvgIpc) is 2.93. The predicted octanol–water partition coefficient (Wildman–Crippen LogP) is 3.31. The van der Waals surface area contributed by atoms with Gasteiger partial charge in [-0.3, -0.25) is 4.90 Å². The lowest BCUT2D eigenvalue weighted by molar-refractivity contribution is 0.252. The predicted molar refractivity (Wildman–Crippen MR) is 87.7 cm³/mol. The first-order valence-corrected chi connectivity index (χ1v) is 8.03. The molecule has 2 aromatic rings. The average molecular weight is 308 g/mol. The molecule has 0 unspecified atom stereocenters. The number of benzene rings is 1. The van der Waals surface area contributed by atoms with Gasteiger partial charge in [0.2, 0.25) is 0 Å². The highest BCUT2D eigenvalue weighted by molar-refractivity contribution is 7.09. The summed E-state index contributed by atoms with van der Waals surface area (Å²) in [6.07, 6.45) is 0. The maximum atomic E-state index is 6.28. The highest BCUT2D eigenvalue weighted by atomic mass is 35.5. The molecule has 1 aromatic heterocycles. The molecule has 0 atom stereocenters. The van der Waals surface area contributed by atoms with Gasteiger partial charge >= 0.3 is 0 Å². The summed E-state index contributed by atoms with van der Waals surface area (Å²) in [5.74, 6) is 0. The molecule has 3 rings (SSSR count). The van der Waals surface area contributed by atoms with E-state index in [0.29, 0.717) is 0 Å². The number of rotatable bonds is 3. The number of thiophene rings is 1. The number of nitrogen functional groups attached to an aromatic ring is 1. The Balaban J connectivity index is 1.64. The van der Waals surface area contributed by atoms with Gasteiger partial charge in [-0.15, -0.1) is 11.3 Å². The minimum Gasteiger partial charge on any atom is -0.397 e. The molecular formula is C15H18ClN3S. The molecule has 20 heavy (non-hydrogen) atoms. The van der Waals surface area contributed by atoms with Crippen molar-refractivity contribution in [3.8, 4) is 0 Å². The molecule has 5 heteroatoms. The Morgan fingerprint density at radius 1 is 1.10 bits per heavy atom. The van der Waals surface area contributed by atoms with E-state index in [1.54, 1.807) is 0 Å². The highest BCUT2D eigenvalue weighted by Crippen LogP contribution is 2.32. The van der Waals surface area contributed by atoms with Crippen molar-refractivity contribution in [2.45, 2.75) is 6.54 Å². The lowest BCUT2D eigenvalue weighted by Gasteiger charge is -2.36. The van der Waals surface area contributed by atoms with Crippen LogP contribution in [0.2, 0.25) is 5.02 Å². The fraction of sp³-hybridized carbons (Fsp3) is 0.333. The Hall–Kier alpha value is -1.23. The van der Waals surface area contributed by atoms with Gasteiger partial charge in [-0.2, -0.15) is 0 Å². The van der Waals surface area contributed by atoms with Crippen LogP contribution < -0.4 is 10.6 Å². The van der Waals surface area contributed by atoms with Gasteiger partial charge in [0, 0.05) is 37.6 Å². The van der Waals surface area contributed by atoms with Crippen molar-refractivity contribution in [3.05, 3.63) is 45.6 Å². The molecule has 106 valence electrons. The maximum Gasteiger partial charge on any atom is 0.0790 e. The molecule has 2 heterocycles. The van der Waals surface area contributed by atoms with Crippen molar-refractivity contribution < 1.29 is 0 Å². The Morgan fingerprint density at radius 2 is 1.90 bits per heavy atom. The van der Waals surface area contributed by atoms with Crippen LogP contribution in [-0.2, 0) is 6.54 Å². The van der Waals surface area contributed by atoms with E-state index < -0.39 is 0 Å². The lowest BCUT2D eigenvalue weighted by Crippen LogP contribution is -2.46. The van der Waals surface area contributed by atoms with Crippen molar-refractivity contribution in [2.75, 3.05) is 36.8 Å². The van der Waals surface area contributed by atoms with Gasteiger partial charge in [0.05, 0.1) is 16.4 Å². The molecule has 0 aliphatic carbocycles. The second kappa shape index (κ2) is 6.04. The topological polar surface area (TPSA) is 32.5 Å². The highest BCUT2D eigenvalue weighted by Gasteiger charge is 2.20. The van der Waals surface area contributed by atoms with Crippen LogP contribution in [-0.4, -0.2) is 31.1 Å². The maximum absolute atomic E-state index is 6.28. The second-order valence-corrected chi connectivity index (χ2v) is 6.46. The molecule has 0 amide bonds. The minimum atomic E-state index is 0.747. The lowest BCUT2D eigenvalue weighted by atomic mass is 10.2. The standard InChI is InChI=1S/C15H18ClN3S/c16-13-4-1-5-14(17)15(13)19-8-6-18(7-9-19)11-12-3-2-10-20-12/h1-5,10H,6-9,11,17H2. The van der Waals surface area contributed by atoms with Gasteiger partial charge in [-0.1, -0.05) is 23.7 Å². The third-order valence-electron chi connectivity index (χ3n) is 3.67. The van der Waals surface area contributed by atoms with E-state index in [9.17, 15) is 0 Å². The Labute approximate surface area is 128 Å². The van der Waals surface area contributed by atoms with Crippen LogP contribution in [0.25, 0.3) is 0 Å². The van der Waals surface area contributed by atoms with E-state index in [2.05, 4.69) is 27.3 Å². The van der Waals surface area contributed by atoms with Gasteiger partial charge in [-0.25, -0.2) is 0 Å². The molecule has 1 fully saturated rings. The Morgan fingerprint density at radius 3 is 2.55 bits per heavy atom. The molecule has 2 N–H and O–H groups in total. The summed E-state index contributed by atoms with van der Waals surface area (Å²) in [6, 6.07) is 10.0. The largest absolute Gasteiger partial charge is 0.397 e. The van der Waals surface area contributed by atoms with E-state index in [1.165, 1.54) is 4.88 Å². The summed E-state index contributed by atoms with van der Waals surface area (Å²) in [6.45, 7) is 5.08. The fourth-order valence-corrected chi connectivity index (χ4v) is 3.67. The second-order valence-electron chi connectivity index (χ2n) is 5.02. The third-order valence-corrected chi connectivity index (χ3v) is 4.83. The van der Waals surface area contributed by atoms with Crippen molar-refractivity contribution in [1.29, 1.82) is 0 Å². The van der Waals surface area contributed by atoms with Crippen LogP contribution in [0.3, 0.4) is 0 Å². The van der Waals surface area contributed by atoms with Gasteiger partial charge in [0.15, 0.2) is 0 Å². The minimum absolute atomic E-state index is 0.747. The molecule has 1 aliphatic rings. The molecule has 0 spiro atoms. The number of anilines is 2. The van der Waals surface area contributed by atoms with Crippen LogP contribution in [0.5, 0.6) is 0 Å². The van der Waals surface area contributed by atoms with Crippen molar-refractivity contribution >= 4 is 34.3 Å². The molecule has 0 bridgehead atoms. The molecule has 3 nitrogen and oxygen atoms in total. The van der Waals surface area contributed by atoms with Gasteiger partial charge in [0.1, 0.15) is 0 Å². The molecule has 0 radical (unpaired) electrons. The van der Waals surface area contributed by atoms with E-state index in [1.807, 2.05) is 29.5 Å².